The van der Waals surface area contributed by atoms with Crippen LogP contribution < -0.4 is 0 Å². The van der Waals surface area contributed by atoms with Crippen molar-refractivity contribution >= 4 is 32.9 Å². The van der Waals surface area contributed by atoms with Gasteiger partial charge in [0.05, 0.1) is 11.5 Å². The number of hydrogen-bond acceptors (Lipinski definition) is 5. The fraction of sp³-hybridized carbons (Fsp3) is 1.00. The molecule has 0 heterocycles. The van der Waals surface area contributed by atoms with Gasteiger partial charge in [0.25, 0.3) is 20.2 Å². The second kappa shape index (κ2) is 5.67. The normalized spacial score (nSPS) is 14.0. The standard InChI is InChI=1S/C7H16O6S3/c1-2-7(14,3-5-15(8,9)10)4-6-16(11,12)13/h14H,2-6H2,1H3,(H,8,9,10)(H,11,12,13). The van der Waals surface area contributed by atoms with Crippen LogP contribution in [-0.4, -0.2) is 42.2 Å². The molecule has 0 bridgehead atoms. The van der Waals surface area contributed by atoms with Crippen molar-refractivity contribution < 1.29 is 25.9 Å². The van der Waals surface area contributed by atoms with Crippen molar-refractivity contribution in [2.45, 2.75) is 30.9 Å². The summed E-state index contributed by atoms with van der Waals surface area (Å²) in [5, 5.41) is 0. The van der Waals surface area contributed by atoms with E-state index in [0.717, 1.165) is 0 Å². The van der Waals surface area contributed by atoms with Crippen LogP contribution in [0.4, 0.5) is 0 Å². The van der Waals surface area contributed by atoms with Crippen molar-refractivity contribution in [3.05, 3.63) is 0 Å². The lowest BCUT2D eigenvalue weighted by Gasteiger charge is -2.25. The molecule has 98 valence electrons. The molecule has 0 aliphatic heterocycles. The zero-order valence-corrected chi connectivity index (χ0v) is 11.4. The third-order valence-corrected chi connectivity index (χ3v) is 4.51. The van der Waals surface area contributed by atoms with Gasteiger partial charge in [0, 0.05) is 4.75 Å². The highest BCUT2D eigenvalue weighted by molar-refractivity contribution is 7.86. The second-order valence-electron chi connectivity index (χ2n) is 3.65. The molecule has 0 fully saturated rings. The van der Waals surface area contributed by atoms with Gasteiger partial charge in [-0.1, -0.05) is 6.92 Å². The van der Waals surface area contributed by atoms with E-state index in [1.54, 1.807) is 6.92 Å². The van der Waals surface area contributed by atoms with Gasteiger partial charge in [-0.05, 0) is 19.3 Å². The van der Waals surface area contributed by atoms with Crippen molar-refractivity contribution in [3.63, 3.8) is 0 Å². The molecule has 0 saturated heterocycles. The molecular weight excluding hydrogens is 276 g/mol. The lowest BCUT2D eigenvalue weighted by molar-refractivity contribution is 0.457. The summed E-state index contributed by atoms with van der Waals surface area (Å²) in [5.74, 6) is -0.953. The minimum Gasteiger partial charge on any atom is -0.286 e. The van der Waals surface area contributed by atoms with Crippen LogP contribution in [0.5, 0.6) is 0 Å². The molecule has 0 aromatic carbocycles. The van der Waals surface area contributed by atoms with E-state index < -0.39 is 36.5 Å². The van der Waals surface area contributed by atoms with Crippen molar-refractivity contribution in [2.24, 2.45) is 0 Å². The van der Waals surface area contributed by atoms with E-state index >= 15 is 0 Å². The minimum atomic E-state index is -4.08. The molecular formula is C7H16O6S3. The highest BCUT2D eigenvalue weighted by Gasteiger charge is 2.27. The summed E-state index contributed by atoms with van der Waals surface area (Å²) in [7, 11) is -8.16. The molecule has 9 heteroatoms. The smallest absolute Gasteiger partial charge is 0.264 e. The molecule has 0 saturated carbocycles. The summed E-state index contributed by atoms with van der Waals surface area (Å²) in [5.41, 5.74) is 0. The van der Waals surface area contributed by atoms with E-state index in [-0.39, 0.29) is 12.8 Å². The van der Waals surface area contributed by atoms with Gasteiger partial charge in [-0.25, -0.2) is 0 Å². The van der Waals surface area contributed by atoms with Crippen molar-refractivity contribution in [1.29, 1.82) is 0 Å². The second-order valence-corrected chi connectivity index (χ2v) is 7.74. The average molecular weight is 292 g/mol. The Morgan fingerprint density at radius 2 is 1.31 bits per heavy atom. The molecule has 0 aromatic rings. The summed E-state index contributed by atoms with van der Waals surface area (Å²) >= 11 is 4.19. The van der Waals surface area contributed by atoms with Crippen molar-refractivity contribution in [3.8, 4) is 0 Å². The summed E-state index contributed by atoms with van der Waals surface area (Å²) in [6, 6.07) is 0. The van der Waals surface area contributed by atoms with Gasteiger partial charge in [0.2, 0.25) is 0 Å². The van der Waals surface area contributed by atoms with Crippen molar-refractivity contribution in [1.82, 2.24) is 0 Å². The molecule has 0 rings (SSSR count). The number of thiol groups is 1. The molecule has 0 aliphatic rings. The van der Waals surface area contributed by atoms with Crippen LogP contribution in [0.3, 0.4) is 0 Å². The van der Waals surface area contributed by atoms with E-state index in [2.05, 4.69) is 12.6 Å². The molecule has 0 amide bonds. The van der Waals surface area contributed by atoms with E-state index in [1.165, 1.54) is 0 Å². The molecule has 6 nitrogen and oxygen atoms in total. The SMILES string of the molecule is CCC(S)(CCS(=O)(=O)O)CCS(=O)(=O)O. The van der Waals surface area contributed by atoms with Crippen LogP contribution in [0.1, 0.15) is 26.2 Å². The first-order chi connectivity index (χ1) is 6.97. The Morgan fingerprint density at radius 1 is 1.00 bits per heavy atom. The Balaban J connectivity index is 4.43. The summed E-state index contributed by atoms with van der Waals surface area (Å²) in [4.78, 5) is 0. The zero-order valence-electron chi connectivity index (χ0n) is 8.83. The summed E-state index contributed by atoms with van der Waals surface area (Å²) in [6.07, 6.45) is 0.489. The molecule has 0 unspecified atom stereocenters. The minimum absolute atomic E-state index is 0.0287. The first kappa shape index (κ1) is 16.2. The third kappa shape index (κ3) is 8.34. The van der Waals surface area contributed by atoms with E-state index in [1.807, 2.05) is 0 Å². The third-order valence-electron chi connectivity index (χ3n) is 2.31. The summed E-state index contributed by atoms with van der Waals surface area (Å²) in [6.45, 7) is 1.72. The fourth-order valence-electron chi connectivity index (χ4n) is 1.12. The van der Waals surface area contributed by atoms with Crippen LogP contribution in [0.15, 0.2) is 0 Å². The van der Waals surface area contributed by atoms with Gasteiger partial charge in [-0.3, -0.25) is 9.11 Å². The van der Waals surface area contributed by atoms with Crippen LogP contribution in [-0.2, 0) is 20.2 Å². The maximum absolute atomic E-state index is 10.5. The monoisotopic (exact) mass is 292 g/mol. The maximum atomic E-state index is 10.5. The Kier molecular flexibility index (Phi) is 5.73. The topological polar surface area (TPSA) is 109 Å². The number of hydrogen-bond donors (Lipinski definition) is 3. The highest BCUT2D eigenvalue weighted by Crippen LogP contribution is 2.28. The van der Waals surface area contributed by atoms with Gasteiger partial charge in [-0.15, -0.1) is 0 Å². The number of rotatable bonds is 7. The molecule has 2 N–H and O–H groups in total. The van der Waals surface area contributed by atoms with Gasteiger partial charge in [0.1, 0.15) is 0 Å². The quantitative estimate of drug-likeness (QED) is 0.469. The predicted molar refractivity (Wildman–Crippen MR) is 64.1 cm³/mol. The Labute approximate surface area is 101 Å². The Morgan fingerprint density at radius 3 is 1.50 bits per heavy atom. The lowest BCUT2D eigenvalue weighted by atomic mass is 9.99. The zero-order chi connectivity index (χ0) is 13.0. The van der Waals surface area contributed by atoms with E-state index in [4.69, 9.17) is 9.11 Å². The van der Waals surface area contributed by atoms with Crippen molar-refractivity contribution in [2.75, 3.05) is 11.5 Å². The van der Waals surface area contributed by atoms with Crippen LogP contribution >= 0.6 is 12.6 Å². The van der Waals surface area contributed by atoms with Gasteiger partial charge in [0.15, 0.2) is 0 Å². The largest absolute Gasteiger partial charge is 0.286 e. The molecule has 0 atom stereocenters. The van der Waals surface area contributed by atoms with E-state index in [0.29, 0.717) is 6.42 Å². The Hall–Kier alpha value is 0.170. The molecule has 16 heavy (non-hydrogen) atoms. The lowest BCUT2D eigenvalue weighted by Crippen LogP contribution is -2.27. The highest BCUT2D eigenvalue weighted by atomic mass is 32.2. The van der Waals surface area contributed by atoms with Gasteiger partial charge < -0.3 is 0 Å². The first-order valence-electron chi connectivity index (χ1n) is 4.60. The molecule has 0 aliphatic carbocycles. The molecule has 0 spiro atoms. The van der Waals surface area contributed by atoms with Gasteiger partial charge in [-0.2, -0.15) is 29.5 Å². The van der Waals surface area contributed by atoms with Crippen LogP contribution in [0.25, 0.3) is 0 Å². The summed E-state index contributed by atoms with van der Waals surface area (Å²) < 4.78 is 58.5. The molecule has 0 radical (unpaired) electrons. The maximum Gasteiger partial charge on any atom is 0.264 e. The van der Waals surface area contributed by atoms with Crippen LogP contribution in [0.2, 0.25) is 0 Å². The Bertz CT molecular complexity index is 373. The fourth-order valence-corrected chi connectivity index (χ4v) is 2.94. The van der Waals surface area contributed by atoms with Gasteiger partial charge >= 0.3 is 0 Å². The molecule has 0 aromatic heterocycles. The average Bonchev–Trinajstić information content (AvgIpc) is 2.09. The predicted octanol–water partition coefficient (Wildman–Crippen LogP) is 0.621. The first-order valence-corrected chi connectivity index (χ1v) is 8.27. The van der Waals surface area contributed by atoms with Crippen LogP contribution in [0, 0.1) is 0 Å². The van der Waals surface area contributed by atoms with E-state index in [9.17, 15) is 16.8 Å².